The van der Waals surface area contributed by atoms with E-state index in [4.69, 9.17) is 9.47 Å². The largest absolute Gasteiger partial charge is 0.497 e. The summed E-state index contributed by atoms with van der Waals surface area (Å²) >= 11 is 0. The Morgan fingerprint density at radius 2 is 1.47 bits per heavy atom. The van der Waals surface area contributed by atoms with Crippen LogP contribution in [0.25, 0.3) is 0 Å². The van der Waals surface area contributed by atoms with Gasteiger partial charge in [0.1, 0.15) is 17.5 Å². The fourth-order valence-electron chi connectivity index (χ4n) is 4.90. The van der Waals surface area contributed by atoms with Gasteiger partial charge >= 0.3 is 0 Å². The van der Waals surface area contributed by atoms with Crippen molar-refractivity contribution in [3.05, 3.63) is 89.0 Å². The third-order valence-corrected chi connectivity index (χ3v) is 6.82. The van der Waals surface area contributed by atoms with E-state index >= 15 is 0 Å². The van der Waals surface area contributed by atoms with Crippen LogP contribution in [0.1, 0.15) is 33.1 Å². The first-order valence-electron chi connectivity index (χ1n) is 11.7. The summed E-state index contributed by atoms with van der Waals surface area (Å²) in [6.45, 7) is 3.87. The molecule has 0 aliphatic carbocycles. The molecule has 2 fully saturated rings. The Balaban J connectivity index is 1.62. The Morgan fingerprint density at radius 1 is 0.833 bits per heavy atom. The average Bonchev–Trinajstić information content (AvgIpc) is 3.40. The molecule has 0 unspecified atom stereocenters. The number of hydrogen-bond acceptors (Lipinski definition) is 6. The van der Waals surface area contributed by atoms with E-state index in [1.807, 2.05) is 38.1 Å². The molecule has 2 heterocycles. The van der Waals surface area contributed by atoms with E-state index in [-0.39, 0.29) is 11.8 Å². The lowest BCUT2D eigenvalue weighted by Gasteiger charge is -2.26. The van der Waals surface area contributed by atoms with Crippen LogP contribution in [0.15, 0.2) is 66.7 Å². The number of anilines is 1. The quantitative estimate of drug-likeness (QED) is 0.556. The van der Waals surface area contributed by atoms with Crippen molar-refractivity contribution in [3.63, 3.8) is 0 Å². The van der Waals surface area contributed by atoms with Crippen molar-refractivity contribution in [3.8, 4) is 11.5 Å². The van der Waals surface area contributed by atoms with E-state index in [0.717, 1.165) is 11.1 Å². The van der Waals surface area contributed by atoms with Crippen LogP contribution >= 0.6 is 0 Å². The van der Waals surface area contributed by atoms with Crippen molar-refractivity contribution >= 4 is 23.4 Å². The van der Waals surface area contributed by atoms with Crippen LogP contribution in [0.5, 0.6) is 11.5 Å². The van der Waals surface area contributed by atoms with Crippen molar-refractivity contribution in [1.29, 1.82) is 0 Å². The van der Waals surface area contributed by atoms with E-state index in [1.54, 1.807) is 49.6 Å². The summed E-state index contributed by atoms with van der Waals surface area (Å²) in [7, 11) is 3.08. The molecule has 1 N–H and O–H groups in total. The summed E-state index contributed by atoms with van der Waals surface area (Å²) < 4.78 is 11.0. The molecule has 3 amide bonds. The zero-order valence-electron chi connectivity index (χ0n) is 20.5. The topological polar surface area (TPSA) is 88.2 Å². The summed E-state index contributed by atoms with van der Waals surface area (Å²) in [5.41, 5.74) is 6.70. The Bertz CT molecular complexity index is 1340. The molecule has 2 aliphatic rings. The number of amides is 3. The number of imide groups is 1. The van der Waals surface area contributed by atoms with Gasteiger partial charge < -0.3 is 9.47 Å². The van der Waals surface area contributed by atoms with Gasteiger partial charge in [-0.25, -0.2) is 10.3 Å². The molecule has 3 aromatic carbocycles. The van der Waals surface area contributed by atoms with Crippen LogP contribution in [-0.4, -0.2) is 43.0 Å². The first-order chi connectivity index (χ1) is 17.3. The number of nitrogens with zero attached hydrogens (tertiary/aromatic N) is 2. The van der Waals surface area contributed by atoms with Gasteiger partial charge in [-0.3, -0.25) is 19.4 Å². The minimum Gasteiger partial charge on any atom is -0.497 e. The van der Waals surface area contributed by atoms with Gasteiger partial charge in [0, 0.05) is 11.1 Å². The van der Waals surface area contributed by atoms with E-state index in [2.05, 4.69) is 5.43 Å². The molecule has 3 atom stereocenters. The molecular formula is C28H27N3O5. The van der Waals surface area contributed by atoms with Crippen LogP contribution in [0.4, 0.5) is 5.69 Å². The van der Waals surface area contributed by atoms with Crippen LogP contribution in [0.3, 0.4) is 0 Å². The summed E-state index contributed by atoms with van der Waals surface area (Å²) in [6.07, 6.45) is 0. The number of aryl methyl sites for hydroxylation is 2. The average molecular weight is 486 g/mol. The first-order valence-corrected chi connectivity index (χ1v) is 11.7. The summed E-state index contributed by atoms with van der Waals surface area (Å²) in [6, 6.07) is 17.8. The number of carbonyl (C=O) groups is 3. The fraction of sp³-hybridized carbons (Fsp3) is 0.250. The van der Waals surface area contributed by atoms with Gasteiger partial charge in [0.05, 0.1) is 31.9 Å². The Hall–Kier alpha value is -4.17. The molecule has 3 aromatic rings. The number of benzene rings is 3. The SMILES string of the molecule is COc1ccc(OC)c([C@@H]2NN(C(=O)c3ccc(C)cc3)[C@H]3C(=O)N(c4ccc(C)cc4)C(=O)[C@H]23)c1. The lowest BCUT2D eigenvalue weighted by atomic mass is 9.90. The number of hydrogen-bond donors (Lipinski definition) is 1. The van der Waals surface area contributed by atoms with Gasteiger partial charge in [0.2, 0.25) is 5.91 Å². The molecule has 2 aliphatic heterocycles. The second-order valence-corrected chi connectivity index (χ2v) is 9.07. The Morgan fingerprint density at radius 3 is 2.08 bits per heavy atom. The van der Waals surface area contributed by atoms with Gasteiger partial charge in [-0.05, 0) is 56.3 Å². The molecule has 0 saturated carbocycles. The normalized spacial score (nSPS) is 21.1. The molecule has 2 saturated heterocycles. The number of nitrogens with one attached hydrogen (secondary N) is 1. The molecule has 36 heavy (non-hydrogen) atoms. The molecule has 8 heteroatoms. The predicted molar refractivity (Wildman–Crippen MR) is 134 cm³/mol. The lowest BCUT2D eigenvalue weighted by molar-refractivity contribution is -0.123. The summed E-state index contributed by atoms with van der Waals surface area (Å²) in [4.78, 5) is 42.4. The number of hydrazine groups is 1. The molecule has 0 radical (unpaired) electrons. The van der Waals surface area contributed by atoms with Gasteiger partial charge in [0.25, 0.3) is 11.8 Å². The molecule has 0 aromatic heterocycles. The number of rotatable bonds is 5. The molecule has 8 nitrogen and oxygen atoms in total. The van der Waals surface area contributed by atoms with Gasteiger partial charge in [0.15, 0.2) is 0 Å². The Kier molecular flexibility index (Phi) is 5.97. The predicted octanol–water partition coefficient (Wildman–Crippen LogP) is 3.58. The number of ether oxygens (including phenoxy) is 2. The van der Waals surface area contributed by atoms with Crippen molar-refractivity contribution in [1.82, 2.24) is 10.4 Å². The second kappa shape index (κ2) is 9.13. The molecule has 5 rings (SSSR count). The van der Waals surface area contributed by atoms with Crippen LogP contribution in [0, 0.1) is 19.8 Å². The van der Waals surface area contributed by atoms with Gasteiger partial charge in [-0.2, -0.15) is 0 Å². The standard InChI is InChI=1S/C28H27N3O5/c1-16-5-9-18(10-6-16)26(32)31-25-23(24(29-31)21-15-20(35-3)13-14-22(21)36-4)27(33)30(28(25)34)19-11-7-17(2)8-12-19/h5-15,23-25,29H,1-4H3/t23-,24+,25-/m1/s1. The molecule has 0 bridgehead atoms. The fourth-order valence-corrected chi connectivity index (χ4v) is 4.90. The highest BCUT2D eigenvalue weighted by atomic mass is 16.5. The van der Waals surface area contributed by atoms with Crippen LogP contribution in [0.2, 0.25) is 0 Å². The maximum Gasteiger partial charge on any atom is 0.268 e. The number of methoxy groups -OCH3 is 2. The van der Waals surface area contributed by atoms with E-state index in [0.29, 0.717) is 28.3 Å². The zero-order valence-corrected chi connectivity index (χ0v) is 20.5. The van der Waals surface area contributed by atoms with Crippen LogP contribution < -0.4 is 19.8 Å². The van der Waals surface area contributed by atoms with Crippen molar-refractivity contribution in [2.45, 2.75) is 25.9 Å². The van der Waals surface area contributed by atoms with Crippen molar-refractivity contribution < 1.29 is 23.9 Å². The van der Waals surface area contributed by atoms with E-state index in [9.17, 15) is 14.4 Å². The zero-order chi connectivity index (χ0) is 25.6. The second-order valence-electron chi connectivity index (χ2n) is 9.07. The maximum absolute atomic E-state index is 13.8. The van der Waals surface area contributed by atoms with Crippen LogP contribution in [-0.2, 0) is 9.59 Å². The van der Waals surface area contributed by atoms with Crippen molar-refractivity contribution in [2.24, 2.45) is 5.92 Å². The van der Waals surface area contributed by atoms with Gasteiger partial charge in [-0.15, -0.1) is 0 Å². The highest BCUT2D eigenvalue weighted by Crippen LogP contribution is 2.45. The van der Waals surface area contributed by atoms with E-state index < -0.39 is 23.9 Å². The van der Waals surface area contributed by atoms with E-state index in [1.165, 1.54) is 17.0 Å². The summed E-state index contributed by atoms with van der Waals surface area (Å²) in [5.74, 6) is -0.984. The van der Waals surface area contributed by atoms with Crippen molar-refractivity contribution in [2.75, 3.05) is 19.1 Å². The highest BCUT2D eigenvalue weighted by molar-refractivity contribution is 6.25. The smallest absolute Gasteiger partial charge is 0.268 e. The molecule has 0 spiro atoms. The molecule has 184 valence electrons. The third-order valence-electron chi connectivity index (χ3n) is 6.82. The maximum atomic E-state index is 13.8. The minimum absolute atomic E-state index is 0.379. The first kappa shape index (κ1) is 23.6. The number of carbonyl (C=O) groups excluding carboxylic acids is 3. The molecular weight excluding hydrogens is 458 g/mol. The lowest BCUT2D eigenvalue weighted by Crippen LogP contribution is -2.48. The summed E-state index contributed by atoms with van der Waals surface area (Å²) in [5, 5.41) is 1.30. The highest BCUT2D eigenvalue weighted by Gasteiger charge is 2.60. The van der Waals surface area contributed by atoms with Gasteiger partial charge in [-0.1, -0.05) is 35.4 Å². The minimum atomic E-state index is -1.02. The number of fused-ring (bicyclic) bond motifs is 1. The monoisotopic (exact) mass is 485 g/mol. The third kappa shape index (κ3) is 3.79. The Labute approximate surface area is 209 Å².